The molecule has 0 saturated heterocycles. The Balaban J connectivity index is 1.80. The summed E-state index contributed by atoms with van der Waals surface area (Å²) < 4.78 is 4.79. The Kier molecular flexibility index (Phi) is 4.37. The average molecular weight is 328 g/mol. The number of nitro groups is 1. The third-order valence-corrected chi connectivity index (χ3v) is 3.77. The molecule has 124 valence electrons. The molecular weight excluding hydrogens is 312 g/mol. The van der Waals surface area contributed by atoms with E-state index >= 15 is 0 Å². The molecular formula is C16H16N4O4. The molecule has 0 radical (unpaired) electrons. The minimum absolute atomic E-state index is 0.0916. The number of hydrogen-bond donors (Lipinski definition) is 1. The number of hydrogen-bond acceptors (Lipinski definition) is 7. The Morgan fingerprint density at radius 1 is 1.42 bits per heavy atom. The van der Waals surface area contributed by atoms with Gasteiger partial charge >= 0.3 is 11.7 Å². The fourth-order valence-corrected chi connectivity index (χ4v) is 2.42. The van der Waals surface area contributed by atoms with Gasteiger partial charge in [-0.15, -0.1) is 0 Å². The number of rotatable bonds is 6. The summed E-state index contributed by atoms with van der Waals surface area (Å²) in [4.78, 5) is 30.8. The van der Waals surface area contributed by atoms with E-state index in [1.165, 1.54) is 25.4 Å². The number of carbonyl (C=O) groups is 1. The zero-order valence-corrected chi connectivity index (χ0v) is 13.1. The standard InChI is InChI=1S/C16H16N4O4/c1-24-16(21)12-7-6-11(19-14(12)10-4-5-10)9-18-15-13(20(22)23)3-2-8-17-15/h2-3,6-8,10H,4-5,9H2,1H3,(H,17,18). The van der Waals surface area contributed by atoms with Gasteiger partial charge in [0, 0.05) is 18.2 Å². The molecule has 1 aliphatic rings. The van der Waals surface area contributed by atoms with E-state index in [0.29, 0.717) is 11.3 Å². The number of nitrogens with one attached hydrogen (secondary N) is 1. The molecule has 1 fully saturated rings. The normalized spacial score (nSPS) is 13.4. The highest BCUT2D eigenvalue weighted by Gasteiger charge is 2.30. The summed E-state index contributed by atoms with van der Waals surface area (Å²) in [6, 6.07) is 6.30. The van der Waals surface area contributed by atoms with E-state index < -0.39 is 10.9 Å². The molecule has 8 heteroatoms. The Bertz CT molecular complexity index is 789. The molecule has 1 N–H and O–H groups in total. The van der Waals surface area contributed by atoms with Gasteiger partial charge in [-0.2, -0.15) is 0 Å². The van der Waals surface area contributed by atoms with Crippen LogP contribution < -0.4 is 5.32 Å². The SMILES string of the molecule is COC(=O)c1ccc(CNc2ncccc2[N+](=O)[O-])nc1C1CC1. The van der Waals surface area contributed by atoms with E-state index in [-0.39, 0.29) is 24.0 Å². The van der Waals surface area contributed by atoms with Crippen LogP contribution in [0.4, 0.5) is 11.5 Å². The zero-order valence-electron chi connectivity index (χ0n) is 13.1. The minimum atomic E-state index is -0.487. The highest BCUT2D eigenvalue weighted by Crippen LogP contribution is 2.40. The van der Waals surface area contributed by atoms with Crippen LogP contribution in [-0.2, 0) is 11.3 Å². The Morgan fingerprint density at radius 2 is 2.21 bits per heavy atom. The first-order valence-electron chi connectivity index (χ1n) is 7.51. The summed E-state index contributed by atoms with van der Waals surface area (Å²) >= 11 is 0. The van der Waals surface area contributed by atoms with Crippen LogP contribution in [0.1, 0.15) is 40.5 Å². The first-order chi connectivity index (χ1) is 11.6. The molecule has 2 aromatic rings. The van der Waals surface area contributed by atoms with E-state index in [2.05, 4.69) is 15.3 Å². The molecule has 0 unspecified atom stereocenters. The van der Waals surface area contributed by atoms with Gasteiger partial charge in [0.1, 0.15) is 0 Å². The third kappa shape index (κ3) is 3.32. The summed E-state index contributed by atoms with van der Waals surface area (Å²) in [5.74, 6) is 0.0711. The van der Waals surface area contributed by atoms with Crippen molar-refractivity contribution in [1.29, 1.82) is 0 Å². The number of esters is 1. The van der Waals surface area contributed by atoms with Gasteiger partial charge in [-0.25, -0.2) is 9.78 Å². The zero-order chi connectivity index (χ0) is 17.1. The summed E-state index contributed by atoms with van der Waals surface area (Å²) in [5.41, 5.74) is 1.81. The molecule has 0 spiro atoms. The number of carbonyl (C=O) groups excluding carboxylic acids is 1. The Morgan fingerprint density at radius 3 is 2.88 bits per heavy atom. The summed E-state index contributed by atoms with van der Waals surface area (Å²) in [6.45, 7) is 0.277. The lowest BCUT2D eigenvalue weighted by Crippen LogP contribution is -2.11. The molecule has 24 heavy (non-hydrogen) atoms. The maximum atomic E-state index is 11.8. The van der Waals surface area contributed by atoms with Crippen LogP contribution in [0, 0.1) is 10.1 Å². The number of anilines is 1. The van der Waals surface area contributed by atoms with Gasteiger partial charge in [0.15, 0.2) is 0 Å². The smallest absolute Gasteiger partial charge is 0.339 e. The maximum Gasteiger partial charge on any atom is 0.339 e. The van der Waals surface area contributed by atoms with Crippen molar-refractivity contribution in [1.82, 2.24) is 9.97 Å². The lowest BCUT2D eigenvalue weighted by Gasteiger charge is -2.10. The van der Waals surface area contributed by atoms with Crippen LogP contribution in [0.2, 0.25) is 0 Å². The lowest BCUT2D eigenvalue weighted by molar-refractivity contribution is -0.384. The van der Waals surface area contributed by atoms with Crippen molar-refractivity contribution in [3.05, 3.63) is 57.5 Å². The van der Waals surface area contributed by atoms with Crippen LogP contribution in [-0.4, -0.2) is 28.0 Å². The first kappa shape index (κ1) is 15.9. The molecule has 3 rings (SSSR count). The van der Waals surface area contributed by atoms with Crippen molar-refractivity contribution in [2.45, 2.75) is 25.3 Å². The highest BCUT2D eigenvalue weighted by molar-refractivity contribution is 5.90. The lowest BCUT2D eigenvalue weighted by atomic mass is 10.1. The minimum Gasteiger partial charge on any atom is -0.465 e. The molecule has 8 nitrogen and oxygen atoms in total. The second-order valence-corrected chi connectivity index (χ2v) is 5.48. The van der Waals surface area contributed by atoms with Crippen LogP contribution in [0.25, 0.3) is 0 Å². The molecule has 1 aliphatic carbocycles. The molecule has 0 aliphatic heterocycles. The van der Waals surface area contributed by atoms with Gasteiger partial charge in [0.2, 0.25) is 5.82 Å². The monoisotopic (exact) mass is 328 g/mol. The number of nitrogens with zero attached hydrogens (tertiary/aromatic N) is 3. The van der Waals surface area contributed by atoms with Crippen LogP contribution >= 0.6 is 0 Å². The van der Waals surface area contributed by atoms with Gasteiger partial charge in [-0.05, 0) is 31.0 Å². The largest absolute Gasteiger partial charge is 0.465 e. The van der Waals surface area contributed by atoms with Crippen LogP contribution in [0.15, 0.2) is 30.5 Å². The van der Waals surface area contributed by atoms with E-state index in [4.69, 9.17) is 4.74 Å². The average Bonchev–Trinajstić information content (AvgIpc) is 3.44. The third-order valence-electron chi connectivity index (χ3n) is 3.77. The van der Waals surface area contributed by atoms with E-state index in [0.717, 1.165) is 18.5 Å². The van der Waals surface area contributed by atoms with Crippen molar-refractivity contribution in [3.63, 3.8) is 0 Å². The van der Waals surface area contributed by atoms with E-state index in [1.807, 2.05) is 0 Å². The predicted octanol–water partition coefficient (Wildman–Crippen LogP) is 2.66. The maximum absolute atomic E-state index is 11.8. The van der Waals surface area contributed by atoms with Crippen molar-refractivity contribution in [3.8, 4) is 0 Å². The molecule has 1 saturated carbocycles. The molecule has 0 amide bonds. The second kappa shape index (κ2) is 6.61. The quantitative estimate of drug-likeness (QED) is 0.493. The molecule has 0 bridgehead atoms. The Labute approximate surface area is 138 Å². The van der Waals surface area contributed by atoms with Gasteiger partial charge in [0.25, 0.3) is 0 Å². The van der Waals surface area contributed by atoms with Crippen molar-refractivity contribution < 1.29 is 14.5 Å². The van der Waals surface area contributed by atoms with E-state index in [9.17, 15) is 14.9 Å². The topological polar surface area (TPSA) is 107 Å². The molecule has 0 atom stereocenters. The Hall–Kier alpha value is -3.03. The predicted molar refractivity (Wildman–Crippen MR) is 85.8 cm³/mol. The van der Waals surface area contributed by atoms with Crippen LogP contribution in [0.3, 0.4) is 0 Å². The number of methoxy groups -OCH3 is 1. The summed E-state index contributed by atoms with van der Waals surface area (Å²) in [6.07, 6.45) is 3.48. The first-order valence-corrected chi connectivity index (χ1v) is 7.51. The number of aromatic nitrogens is 2. The highest BCUT2D eigenvalue weighted by atomic mass is 16.6. The van der Waals surface area contributed by atoms with E-state index in [1.54, 1.807) is 12.1 Å². The summed E-state index contributed by atoms with van der Waals surface area (Å²) in [5, 5.41) is 13.9. The second-order valence-electron chi connectivity index (χ2n) is 5.48. The van der Waals surface area contributed by atoms with Gasteiger partial charge in [-0.1, -0.05) is 0 Å². The van der Waals surface area contributed by atoms with Gasteiger partial charge in [0.05, 0.1) is 35.5 Å². The van der Waals surface area contributed by atoms with Crippen molar-refractivity contribution in [2.75, 3.05) is 12.4 Å². The summed E-state index contributed by atoms with van der Waals surface area (Å²) in [7, 11) is 1.34. The number of ether oxygens (including phenoxy) is 1. The van der Waals surface area contributed by atoms with Gasteiger partial charge < -0.3 is 10.1 Å². The molecule has 0 aromatic carbocycles. The van der Waals surface area contributed by atoms with Gasteiger partial charge in [-0.3, -0.25) is 15.1 Å². The van der Waals surface area contributed by atoms with Crippen molar-refractivity contribution in [2.24, 2.45) is 0 Å². The molecule has 2 heterocycles. The fraction of sp³-hybridized carbons (Fsp3) is 0.312. The number of pyridine rings is 2. The molecule has 2 aromatic heterocycles. The van der Waals surface area contributed by atoms with Crippen LogP contribution in [0.5, 0.6) is 0 Å². The van der Waals surface area contributed by atoms with Crippen molar-refractivity contribution >= 4 is 17.5 Å². The fourth-order valence-electron chi connectivity index (χ4n) is 2.42.